The van der Waals surface area contributed by atoms with Crippen LogP contribution in [0.3, 0.4) is 0 Å². The highest BCUT2D eigenvalue weighted by Crippen LogP contribution is 2.32. The number of fused-ring (bicyclic) bond motifs is 1. The molecule has 1 aliphatic rings. The Morgan fingerprint density at radius 1 is 1.37 bits per heavy atom. The van der Waals surface area contributed by atoms with E-state index in [-0.39, 0.29) is 11.5 Å². The first-order valence-corrected chi connectivity index (χ1v) is 6.87. The van der Waals surface area contributed by atoms with E-state index < -0.39 is 11.9 Å². The highest BCUT2D eigenvalue weighted by atomic mass is 32.1. The number of hydrogen-bond acceptors (Lipinski definition) is 3. The van der Waals surface area contributed by atoms with Crippen LogP contribution in [0, 0.1) is 5.82 Å². The van der Waals surface area contributed by atoms with E-state index in [9.17, 15) is 14.3 Å². The number of halogens is 1. The van der Waals surface area contributed by atoms with Gasteiger partial charge < -0.3 is 10.4 Å². The first-order chi connectivity index (χ1) is 9.15. The minimum Gasteiger partial charge on any atom is -0.383 e. The van der Waals surface area contributed by atoms with Crippen LogP contribution >= 0.6 is 11.3 Å². The van der Waals surface area contributed by atoms with E-state index in [2.05, 4.69) is 5.32 Å². The van der Waals surface area contributed by atoms with Crippen molar-refractivity contribution in [2.24, 2.45) is 0 Å². The predicted molar refractivity (Wildman–Crippen MR) is 71.7 cm³/mol. The number of carbonyl (C=O) groups is 1. The minimum atomic E-state index is -0.956. The van der Waals surface area contributed by atoms with Gasteiger partial charge in [0.15, 0.2) is 0 Å². The summed E-state index contributed by atoms with van der Waals surface area (Å²) in [6.07, 6.45) is 0.0154. The molecular formula is C14H12FNO2S. The van der Waals surface area contributed by atoms with Crippen LogP contribution in [0.5, 0.6) is 0 Å². The second-order valence-corrected chi connectivity index (χ2v) is 5.48. The normalized spacial score (nSPS) is 15.8. The van der Waals surface area contributed by atoms with E-state index >= 15 is 0 Å². The maximum Gasteiger partial charge on any atom is 0.224 e. The van der Waals surface area contributed by atoms with E-state index in [0.717, 1.165) is 5.56 Å². The van der Waals surface area contributed by atoms with Gasteiger partial charge in [-0.15, -0.1) is 11.3 Å². The molecule has 2 N–H and O–H groups in total. The number of nitrogens with one attached hydrogen (secondary N) is 1. The van der Waals surface area contributed by atoms with Gasteiger partial charge in [0.05, 0.1) is 0 Å². The fourth-order valence-electron chi connectivity index (χ4n) is 2.23. The van der Waals surface area contributed by atoms with Crippen LogP contribution in [0.15, 0.2) is 29.6 Å². The molecule has 0 saturated heterocycles. The third-order valence-corrected chi connectivity index (χ3v) is 4.15. The Hall–Kier alpha value is -1.72. The summed E-state index contributed by atoms with van der Waals surface area (Å²) in [6.45, 7) is 0. The number of benzene rings is 1. The Labute approximate surface area is 113 Å². The van der Waals surface area contributed by atoms with Gasteiger partial charge in [-0.05, 0) is 35.6 Å². The molecule has 1 aliphatic heterocycles. The highest BCUT2D eigenvalue weighted by molar-refractivity contribution is 7.10. The van der Waals surface area contributed by atoms with E-state index in [1.54, 1.807) is 12.1 Å². The molecule has 0 fully saturated rings. The number of aryl methyl sites for hydroxylation is 1. The first-order valence-electron chi connectivity index (χ1n) is 5.99. The van der Waals surface area contributed by atoms with Crippen LogP contribution in [-0.2, 0) is 11.2 Å². The lowest BCUT2D eigenvalue weighted by molar-refractivity contribution is -0.116. The third-order valence-electron chi connectivity index (χ3n) is 3.23. The average Bonchev–Trinajstić information content (AvgIpc) is 2.91. The van der Waals surface area contributed by atoms with E-state index in [0.29, 0.717) is 23.4 Å². The maximum absolute atomic E-state index is 14.0. The Morgan fingerprint density at radius 3 is 2.95 bits per heavy atom. The van der Waals surface area contributed by atoms with Crippen LogP contribution in [0.1, 0.15) is 28.5 Å². The molecule has 1 atom stereocenters. The van der Waals surface area contributed by atoms with Gasteiger partial charge in [0, 0.05) is 22.5 Å². The second kappa shape index (κ2) is 4.75. The smallest absolute Gasteiger partial charge is 0.224 e. The Bertz CT molecular complexity index is 625. The number of thiophene rings is 1. The molecule has 0 radical (unpaired) electrons. The quantitative estimate of drug-likeness (QED) is 0.886. The Kier molecular flexibility index (Phi) is 3.08. The molecule has 1 aromatic heterocycles. The van der Waals surface area contributed by atoms with Gasteiger partial charge in [0.1, 0.15) is 11.9 Å². The molecule has 1 aromatic carbocycles. The van der Waals surface area contributed by atoms with Crippen molar-refractivity contribution < 1.29 is 14.3 Å². The molecule has 2 aromatic rings. The summed E-state index contributed by atoms with van der Waals surface area (Å²) < 4.78 is 14.0. The molecule has 5 heteroatoms. The zero-order chi connectivity index (χ0) is 13.4. The van der Waals surface area contributed by atoms with Crippen molar-refractivity contribution in [1.82, 2.24) is 0 Å². The van der Waals surface area contributed by atoms with Gasteiger partial charge in [0.2, 0.25) is 5.91 Å². The molecule has 1 amide bonds. The predicted octanol–water partition coefficient (Wildman–Crippen LogP) is 2.85. The lowest BCUT2D eigenvalue weighted by Crippen LogP contribution is -2.19. The molecule has 19 heavy (non-hydrogen) atoms. The summed E-state index contributed by atoms with van der Waals surface area (Å²) in [5.41, 5.74) is 1.64. The minimum absolute atomic E-state index is 0.0987. The van der Waals surface area contributed by atoms with Gasteiger partial charge in [0.25, 0.3) is 0 Å². The monoisotopic (exact) mass is 277 g/mol. The summed E-state index contributed by atoms with van der Waals surface area (Å²) in [6, 6.07) is 6.53. The topological polar surface area (TPSA) is 49.3 Å². The second-order valence-electron chi connectivity index (χ2n) is 4.50. The van der Waals surface area contributed by atoms with Crippen LogP contribution in [-0.4, -0.2) is 11.0 Å². The summed E-state index contributed by atoms with van der Waals surface area (Å²) in [7, 11) is 0. The molecule has 2 heterocycles. The summed E-state index contributed by atoms with van der Waals surface area (Å²) >= 11 is 1.39. The summed E-state index contributed by atoms with van der Waals surface area (Å²) in [5.74, 6) is -0.597. The zero-order valence-electron chi connectivity index (χ0n) is 10.0. The molecule has 0 saturated carbocycles. The number of aliphatic hydroxyl groups excluding tert-OH is 1. The Morgan fingerprint density at radius 2 is 2.21 bits per heavy atom. The largest absolute Gasteiger partial charge is 0.383 e. The summed E-state index contributed by atoms with van der Waals surface area (Å²) in [5, 5.41) is 14.7. The molecule has 0 spiro atoms. The molecule has 0 bridgehead atoms. The summed E-state index contributed by atoms with van der Waals surface area (Å²) in [4.78, 5) is 12.0. The van der Waals surface area contributed by atoms with Crippen LogP contribution in [0.2, 0.25) is 0 Å². The molecule has 0 aliphatic carbocycles. The molecule has 3 nitrogen and oxygen atoms in total. The van der Waals surface area contributed by atoms with E-state index in [1.165, 1.54) is 17.4 Å². The highest BCUT2D eigenvalue weighted by Gasteiger charge is 2.22. The van der Waals surface area contributed by atoms with Gasteiger partial charge >= 0.3 is 0 Å². The zero-order valence-corrected chi connectivity index (χ0v) is 10.8. The van der Waals surface area contributed by atoms with Crippen molar-refractivity contribution in [3.8, 4) is 0 Å². The SMILES string of the molecule is O=C1CCc2cc(C(O)c3cccs3)c(F)cc2N1. The third kappa shape index (κ3) is 2.27. The van der Waals surface area contributed by atoms with Gasteiger partial charge in [-0.3, -0.25) is 4.79 Å². The standard InChI is InChI=1S/C14H12FNO2S/c15-10-7-11-8(3-4-13(17)16-11)6-9(10)14(18)12-2-1-5-19-12/h1-2,5-7,14,18H,3-4H2,(H,16,17). The average molecular weight is 277 g/mol. The lowest BCUT2D eigenvalue weighted by Gasteiger charge is -2.19. The number of anilines is 1. The van der Waals surface area contributed by atoms with Gasteiger partial charge in [-0.1, -0.05) is 6.07 Å². The fourth-order valence-corrected chi connectivity index (χ4v) is 2.96. The number of hydrogen-bond donors (Lipinski definition) is 2. The maximum atomic E-state index is 14.0. The van der Waals surface area contributed by atoms with Crippen LogP contribution in [0.4, 0.5) is 10.1 Å². The number of aliphatic hydroxyl groups is 1. The lowest BCUT2D eigenvalue weighted by atomic mass is 9.97. The molecule has 3 rings (SSSR count). The molecule has 1 unspecified atom stereocenters. The van der Waals surface area contributed by atoms with E-state index in [1.807, 2.05) is 11.4 Å². The van der Waals surface area contributed by atoms with E-state index in [4.69, 9.17) is 0 Å². The number of amides is 1. The molecule has 98 valence electrons. The number of rotatable bonds is 2. The fraction of sp³-hybridized carbons (Fsp3) is 0.214. The van der Waals surface area contributed by atoms with Crippen molar-refractivity contribution in [1.29, 1.82) is 0 Å². The van der Waals surface area contributed by atoms with Crippen molar-refractivity contribution in [3.63, 3.8) is 0 Å². The van der Waals surface area contributed by atoms with Crippen LogP contribution in [0.25, 0.3) is 0 Å². The molecular weight excluding hydrogens is 265 g/mol. The van der Waals surface area contributed by atoms with Crippen molar-refractivity contribution in [2.45, 2.75) is 18.9 Å². The van der Waals surface area contributed by atoms with Gasteiger partial charge in [-0.2, -0.15) is 0 Å². The van der Waals surface area contributed by atoms with Crippen molar-refractivity contribution >= 4 is 22.9 Å². The van der Waals surface area contributed by atoms with Crippen LogP contribution < -0.4 is 5.32 Å². The van der Waals surface area contributed by atoms with Gasteiger partial charge in [-0.25, -0.2) is 4.39 Å². The Balaban J connectivity index is 2.01. The van der Waals surface area contributed by atoms with Crippen molar-refractivity contribution in [2.75, 3.05) is 5.32 Å². The van der Waals surface area contributed by atoms with Crippen molar-refractivity contribution in [3.05, 3.63) is 51.5 Å². The number of carbonyl (C=O) groups excluding carboxylic acids is 1. The first kappa shape index (κ1) is 12.3.